The van der Waals surface area contributed by atoms with Gasteiger partial charge in [0.15, 0.2) is 0 Å². The van der Waals surface area contributed by atoms with Gasteiger partial charge in [0.25, 0.3) is 0 Å². The maximum Gasteiger partial charge on any atom is 0.129 e. The van der Waals surface area contributed by atoms with Crippen molar-refractivity contribution in [3.05, 3.63) is 65.0 Å². The number of ether oxygens (including phenoxy) is 1. The number of hydrogen-bond acceptors (Lipinski definition) is 3. The summed E-state index contributed by atoms with van der Waals surface area (Å²) < 4.78 is 19.3. The van der Waals surface area contributed by atoms with Crippen LogP contribution in [0.2, 0.25) is 0 Å². The Morgan fingerprint density at radius 3 is 2.57 bits per heavy atom. The molecule has 0 spiro atoms. The minimum atomic E-state index is -1.02. The Kier molecular flexibility index (Phi) is 4.94. The second-order valence-corrected chi connectivity index (χ2v) is 5.05. The van der Waals surface area contributed by atoms with Crippen LogP contribution in [-0.2, 0) is 0 Å². The van der Waals surface area contributed by atoms with E-state index in [9.17, 15) is 9.50 Å². The van der Waals surface area contributed by atoms with Crippen molar-refractivity contribution in [2.45, 2.75) is 18.9 Å². The van der Waals surface area contributed by atoms with Gasteiger partial charge in [-0.15, -0.1) is 0 Å². The fraction of sp³-hybridized carbons (Fsp3) is 0.294. The van der Waals surface area contributed by atoms with E-state index in [0.29, 0.717) is 5.75 Å². The van der Waals surface area contributed by atoms with E-state index in [1.807, 2.05) is 25.1 Å². The molecule has 21 heavy (non-hydrogen) atoms. The summed E-state index contributed by atoms with van der Waals surface area (Å²) in [5.74, 6) is -0.223. The molecular formula is C17H20FNO2. The minimum Gasteiger partial charge on any atom is -0.496 e. The lowest BCUT2D eigenvalue weighted by atomic mass is 9.88. The summed E-state index contributed by atoms with van der Waals surface area (Å²) in [6.45, 7) is 2.05. The molecular weight excluding hydrogens is 269 g/mol. The number of nitrogens with two attached hydrogens (primary N) is 1. The quantitative estimate of drug-likeness (QED) is 0.890. The van der Waals surface area contributed by atoms with E-state index in [4.69, 9.17) is 10.5 Å². The SMILES string of the molecule is COc1ccccc1C(CN)C(O)c1cc(C)ccc1F. The van der Waals surface area contributed by atoms with Crippen molar-refractivity contribution in [3.8, 4) is 5.75 Å². The normalized spacial score (nSPS) is 13.8. The zero-order chi connectivity index (χ0) is 15.4. The van der Waals surface area contributed by atoms with Crippen LogP contribution < -0.4 is 10.5 Å². The molecule has 0 amide bonds. The van der Waals surface area contributed by atoms with Crippen LogP contribution in [0.25, 0.3) is 0 Å². The molecule has 0 heterocycles. The van der Waals surface area contributed by atoms with E-state index in [1.165, 1.54) is 6.07 Å². The molecule has 0 aliphatic heterocycles. The average Bonchev–Trinajstić information content (AvgIpc) is 2.50. The molecule has 0 saturated carbocycles. The van der Waals surface area contributed by atoms with Crippen molar-refractivity contribution in [1.29, 1.82) is 0 Å². The number of para-hydroxylation sites is 1. The van der Waals surface area contributed by atoms with Crippen LogP contribution in [0, 0.1) is 12.7 Å². The van der Waals surface area contributed by atoms with Gasteiger partial charge >= 0.3 is 0 Å². The van der Waals surface area contributed by atoms with Crippen LogP contribution in [0.5, 0.6) is 5.75 Å². The molecule has 0 saturated heterocycles. The molecule has 0 fully saturated rings. The summed E-state index contributed by atoms with van der Waals surface area (Å²) >= 11 is 0. The second kappa shape index (κ2) is 6.70. The summed E-state index contributed by atoms with van der Waals surface area (Å²) in [7, 11) is 1.56. The summed E-state index contributed by atoms with van der Waals surface area (Å²) in [6.07, 6.45) is -1.02. The lowest BCUT2D eigenvalue weighted by molar-refractivity contribution is 0.141. The number of hydrogen-bond donors (Lipinski definition) is 2. The molecule has 2 unspecified atom stereocenters. The zero-order valence-corrected chi connectivity index (χ0v) is 12.2. The van der Waals surface area contributed by atoms with Gasteiger partial charge in [0, 0.05) is 23.6 Å². The molecule has 2 aromatic rings. The van der Waals surface area contributed by atoms with Crippen molar-refractivity contribution in [2.24, 2.45) is 5.73 Å². The summed E-state index contributed by atoms with van der Waals surface area (Å²) in [5, 5.41) is 10.6. The van der Waals surface area contributed by atoms with Gasteiger partial charge in [0.05, 0.1) is 13.2 Å². The highest BCUT2D eigenvalue weighted by molar-refractivity contribution is 5.39. The highest BCUT2D eigenvalue weighted by atomic mass is 19.1. The third-order valence-electron chi connectivity index (χ3n) is 3.64. The number of benzene rings is 2. The standard InChI is InChI=1S/C17H20FNO2/c1-11-7-8-15(18)13(9-11)17(20)14(10-19)12-5-3-4-6-16(12)21-2/h3-9,14,17,20H,10,19H2,1-2H3. The zero-order valence-electron chi connectivity index (χ0n) is 12.2. The van der Waals surface area contributed by atoms with Crippen molar-refractivity contribution in [1.82, 2.24) is 0 Å². The third-order valence-corrected chi connectivity index (χ3v) is 3.64. The van der Waals surface area contributed by atoms with Crippen molar-refractivity contribution >= 4 is 0 Å². The van der Waals surface area contributed by atoms with Crippen LogP contribution in [0.3, 0.4) is 0 Å². The molecule has 3 N–H and O–H groups in total. The first-order valence-corrected chi connectivity index (χ1v) is 6.85. The van der Waals surface area contributed by atoms with E-state index in [-0.39, 0.29) is 12.1 Å². The van der Waals surface area contributed by atoms with Crippen LogP contribution in [0.1, 0.15) is 28.7 Å². The highest BCUT2D eigenvalue weighted by Gasteiger charge is 2.26. The number of halogens is 1. The summed E-state index contributed by atoms with van der Waals surface area (Å²) in [4.78, 5) is 0. The summed E-state index contributed by atoms with van der Waals surface area (Å²) in [6, 6.07) is 12.0. The molecule has 0 radical (unpaired) electrons. The third kappa shape index (κ3) is 3.23. The average molecular weight is 289 g/mol. The van der Waals surface area contributed by atoms with Gasteiger partial charge in [-0.3, -0.25) is 0 Å². The molecule has 4 heteroatoms. The first-order valence-electron chi connectivity index (χ1n) is 6.85. The molecule has 2 aromatic carbocycles. The Bertz CT molecular complexity index is 615. The van der Waals surface area contributed by atoms with Gasteiger partial charge in [-0.2, -0.15) is 0 Å². The monoisotopic (exact) mass is 289 g/mol. The topological polar surface area (TPSA) is 55.5 Å². The predicted octanol–water partition coefficient (Wildman–Crippen LogP) is 2.92. The van der Waals surface area contributed by atoms with Crippen molar-refractivity contribution < 1.29 is 14.2 Å². The van der Waals surface area contributed by atoms with Gasteiger partial charge < -0.3 is 15.6 Å². The fourth-order valence-electron chi connectivity index (χ4n) is 2.51. The minimum absolute atomic E-state index is 0.189. The molecule has 0 aliphatic rings. The molecule has 0 bridgehead atoms. The lowest BCUT2D eigenvalue weighted by Crippen LogP contribution is -2.21. The van der Waals surface area contributed by atoms with Gasteiger partial charge in [0.2, 0.25) is 0 Å². The summed E-state index contributed by atoms with van der Waals surface area (Å²) in [5.41, 5.74) is 7.74. The highest BCUT2D eigenvalue weighted by Crippen LogP contribution is 2.36. The van der Waals surface area contributed by atoms with E-state index in [1.54, 1.807) is 25.3 Å². The van der Waals surface area contributed by atoms with Crippen LogP contribution >= 0.6 is 0 Å². The van der Waals surface area contributed by atoms with E-state index < -0.39 is 17.8 Å². The number of aliphatic hydroxyl groups is 1. The van der Waals surface area contributed by atoms with Crippen LogP contribution in [-0.4, -0.2) is 18.8 Å². The number of aliphatic hydroxyl groups excluding tert-OH is 1. The molecule has 0 aliphatic carbocycles. The van der Waals surface area contributed by atoms with Crippen molar-refractivity contribution in [3.63, 3.8) is 0 Å². The first-order chi connectivity index (χ1) is 10.1. The number of aryl methyl sites for hydroxylation is 1. The van der Waals surface area contributed by atoms with Crippen molar-refractivity contribution in [2.75, 3.05) is 13.7 Å². The van der Waals surface area contributed by atoms with Crippen LogP contribution in [0.4, 0.5) is 4.39 Å². The molecule has 0 aromatic heterocycles. The Balaban J connectivity index is 2.43. The molecule has 2 atom stereocenters. The first kappa shape index (κ1) is 15.5. The Morgan fingerprint density at radius 2 is 1.90 bits per heavy atom. The van der Waals surface area contributed by atoms with E-state index >= 15 is 0 Å². The van der Waals surface area contributed by atoms with E-state index in [0.717, 1.165) is 11.1 Å². The van der Waals surface area contributed by atoms with Crippen LogP contribution in [0.15, 0.2) is 42.5 Å². The number of methoxy groups -OCH3 is 1. The second-order valence-electron chi connectivity index (χ2n) is 5.05. The van der Waals surface area contributed by atoms with E-state index in [2.05, 4.69) is 0 Å². The predicted molar refractivity (Wildman–Crippen MR) is 80.9 cm³/mol. The van der Waals surface area contributed by atoms with Gasteiger partial charge in [0.1, 0.15) is 11.6 Å². The van der Waals surface area contributed by atoms with Gasteiger partial charge in [-0.05, 0) is 19.1 Å². The van der Waals surface area contributed by atoms with Gasteiger partial charge in [-0.1, -0.05) is 35.9 Å². The maximum atomic E-state index is 14.0. The van der Waals surface area contributed by atoms with Gasteiger partial charge in [-0.25, -0.2) is 4.39 Å². The fourth-order valence-corrected chi connectivity index (χ4v) is 2.51. The Labute approximate surface area is 124 Å². The maximum absolute atomic E-state index is 14.0. The Hall–Kier alpha value is -1.91. The number of rotatable bonds is 5. The molecule has 2 rings (SSSR count). The largest absolute Gasteiger partial charge is 0.496 e. The molecule has 112 valence electrons. The molecule has 3 nitrogen and oxygen atoms in total. The lowest BCUT2D eigenvalue weighted by Gasteiger charge is -2.24. The smallest absolute Gasteiger partial charge is 0.129 e. The Morgan fingerprint density at radius 1 is 1.19 bits per heavy atom.